The Morgan fingerprint density at radius 3 is 2.63 bits per heavy atom. The van der Waals surface area contributed by atoms with Crippen molar-refractivity contribution in [1.29, 1.82) is 0 Å². The summed E-state index contributed by atoms with van der Waals surface area (Å²) in [6.07, 6.45) is 1.08. The highest BCUT2D eigenvalue weighted by molar-refractivity contribution is 7.99. The molecule has 1 amide bonds. The molecular weight excluding hydrogens is 448 g/mol. The molecule has 30 heavy (non-hydrogen) atoms. The Kier molecular flexibility index (Phi) is 7.01. The lowest BCUT2D eigenvalue weighted by molar-refractivity contribution is -0.119. The summed E-state index contributed by atoms with van der Waals surface area (Å²) in [6.45, 7) is 1.81. The minimum absolute atomic E-state index is 0.0911. The molecule has 8 nitrogen and oxygen atoms in total. The molecule has 0 bridgehead atoms. The number of nitrogens with one attached hydrogen (secondary N) is 2. The molecular formula is C19H19ClN4O4S2. The summed E-state index contributed by atoms with van der Waals surface area (Å²) in [5.41, 5.74) is 1.94. The van der Waals surface area contributed by atoms with Crippen LogP contribution < -0.4 is 10.0 Å². The topological polar surface area (TPSA) is 114 Å². The first kappa shape index (κ1) is 22.1. The zero-order valence-corrected chi connectivity index (χ0v) is 18.5. The van der Waals surface area contributed by atoms with Crippen LogP contribution >= 0.6 is 23.4 Å². The van der Waals surface area contributed by atoms with Crippen molar-refractivity contribution in [1.82, 2.24) is 15.5 Å². The number of carbonyl (C=O) groups is 1. The second-order valence-corrected chi connectivity index (χ2v) is 9.57. The number of halogens is 1. The van der Waals surface area contributed by atoms with E-state index in [0.717, 1.165) is 29.1 Å². The number of rotatable bonds is 8. The number of sulfonamides is 1. The van der Waals surface area contributed by atoms with E-state index in [1.807, 2.05) is 13.0 Å². The van der Waals surface area contributed by atoms with Gasteiger partial charge >= 0.3 is 0 Å². The molecule has 0 aliphatic rings. The largest absolute Gasteiger partial charge is 0.411 e. The number of benzene rings is 2. The molecule has 2 aromatic carbocycles. The van der Waals surface area contributed by atoms with Crippen LogP contribution in [0.1, 0.15) is 18.5 Å². The van der Waals surface area contributed by atoms with E-state index in [1.54, 1.807) is 42.5 Å². The van der Waals surface area contributed by atoms with Crippen molar-refractivity contribution in [3.05, 3.63) is 59.1 Å². The number of amides is 1. The summed E-state index contributed by atoms with van der Waals surface area (Å²) in [7, 11) is -3.37. The van der Waals surface area contributed by atoms with Crippen molar-refractivity contribution in [2.75, 3.05) is 16.7 Å². The van der Waals surface area contributed by atoms with Crippen molar-refractivity contribution in [3.63, 3.8) is 0 Å². The van der Waals surface area contributed by atoms with Gasteiger partial charge < -0.3 is 9.73 Å². The van der Waals surface area contributed by atoms with Crippen LogP contribution in [-0.4, -0.2) is 36.5 Å². The van der Waals surface area contributed by atoms with E-state index in [-0.39, 0.29) is 22.9 Å². The van der Waals surface area contributed by atoms with Gasteiger partial charge in [0.1, 0.15) is 0 Å². The normalized spacial score (nSPS) is 12.4. The van der Waals surface area contributed by atoms with Crippen molar-refractivity contribution < 1.29 is 17.6 Å². The van der Waals surface area contributed by atoms with Gasteiger partial charge in [-0.2, -0.15) is 0 Å². The minimum Gasteiger partial charge on any atom is -0.411 e. The minimum atomic E-state index is -3.37. The van der Waals surface area contributed by atoms with E-state index >= 15 is 0 Å². The summed E-state index contributed by atoms with van der Waals surface area (Å²) in [5, 5.41) is 11.7. The Hall–Kier alpha value is -2.56. The molecule has 1 unspecified atom stereocenters. The summed E-state index contributed by atoms with van der Waals surface area (Å²) in [5.74, 6) is 0.215. The van der Waals surface area contributed by atoms with Gasteiger partial charge in [0.2, 0.25) is 21.8 Å². The molecule has 0 aliphatic heterocycles. The van der Waals surface area contributed by atoms with Crippen molar-refractivity contribution in [2.24, 2.45) is 0 Å². The second kappa shape index (κ2) is 9.50. The Bertz CT molecular complexity index is 1130. The molecule has 0 saturated carbocycles. The molecule has 1 aromatic heterocycles. The average Bonchev–Trinajstić information content (AvgIpc) is 3.15. The fourth-order valence-corrected chi connectivity index (χ4v) is 3.81. The summed E-state index contributed by atoms with van der Waals surface area (Å²) in [6, 6.07) is 13.5. The average molecular weight is 467 g/mol. The van der Waals surface area contributed by atoms with E-state index in [1.165, 1.54) is 0 Å². The summed E-state index contributed by atoms with van der Waals surface area (Å²) < 4.78 is 30.7. The third kappa shape index (κ3) is 6.48. The quantitative estimate of drug-likeness (QED) is 0.486. The third-order valence-corrected chi connectivity index (χ3v) is 5.57. The fourth-order valence-electron chi connectivity index (χ4n) is 2.56. The molecule has 3 aromatic rings. The molecule has 2 N–H and O–H groups in total. The number of hydrogen-bond acceptors (Lipinski definition) is 7. The highest BCUT2D eigenvalue weighted by Gasteiger charge is 2.14. The van der Waals surface area contributed by atoms with Crippen LogP contribution in [0.2, 0.25) is 5.02 Å². The van der Waals surface area contributed by atoms with E-state index < -0.39 is 10.0 Å². The maximum absolute atomic E-state index is 12.3. The number of hydrogen-bond donors (Lipinski definition) is 2. The first-order valence-corrected chi connectivity index (χ1v) is 12.0. The Labute approximate surface area is 183 Å². The maximum Gasteiger partial charge on any atom is 0.277 e. The van der Waals surface area contributed by atoms with Gasteiger partial charge in [-0.1, -0.05) is 35.5 Å². The van der Waals surface area contributed by atoms with Crippen molar-refractivity contribution in [2.45, 2.75) is 18.2 Å². The SMILES string of the molecule is CC(NC(=O)CSc1nnc(-c2ccc(Cl)cc2)o1)c1cccc(NS(C)(=O)=O)c1. The molecule has 11 heteroatoms. The van der Waals surface area contributed by atoms with Crippen LogP contribution in [0.4, 0.5) is 5.69 Å². The zero-order chi connectivity index (χ0) is 21.7. The molecule has 0 spiro atoms. The van der Waals surface area contributed by atoms with Crippen LogP contribution in [0.25, 0.3) is 11.5 Å². The molecule has 1 heterocycles. The standard InChI is InChI=1S/C19H19ClN4O4S2/c1-12(14-4-3-5-16(10-14)24-30(2,26)27)21-17(25)11-29-19-23-22-18(28-19)13-6-8-15(20)9-7-13/h3-10,12,24H,11H2,1-2H3,(H,21,25). The van der Waals surface area contributed by atoms with Crippen molar-refractivity contribution in [3.8, 4) is 11.5 Å². The fraction of sp³-hybridized carbons (Fsp3) is 0.211. The molecule has 0 radical (unpaired) electrons. The van der Waals surface area contributed by atoms with Gasteiger partial charge in [-0.25, -0.2) is 8.42 Å². The summed E-state index contributed by atoms with van der Waals surface area (Å²) >= 11 is 6.99. The second-order valence-electron chi connectivity index (χ2n) is 6.46. The highest BCUT2D eigenvalue weighted by atomic mass is 35.5. The lowest BCUT2D eigenvalue weighted by Gasteiger charge is -2.15. The third-order valence-electron chi connectivity index (χ3n) is 3.89. The van der Waals surface area contributed by atoms with Crippen LogP contribution in [0.5, 0.6) is 0 Å². The van der Waals surface area contributed by atoms with Crippen LogP contribution in [0.15, 0.2) is 58.2 Å². The lowest BCUT2D eigenvalue weighted by Crippen LogP contribution is -2.28. The predicted octanol–water partition coefficient (Wildman–Crippen LogP) is 3.73. The monoisotopic (exact) mass is 466 g/mol. The smallest absolute Gasteiger partial charge is 0.277 e. The predicted molar refractivity (Wildman–Crippen MR) is 117 cm³/mol. The van der Waals surface area contributed by atoms with Gasteiger partial charge in [0.15, 0.2) is 0 Å². The van der Waals surface area contributed by atoms with Crippen LogP contribution in [0.3, 0.4) is 0 Å². The number of thioether (sulfide) groups is 1. The van der Waals surface area contributed by atoms with Crippen LogP contribution in [-0.2, 0) is 14.8 Å². The number of aromatic nitrogens is 2. The molecule has 0 fully saturated rings. The summed E-state index contributed by atoms with van der Waals surface area (Å²) in [4.78, 5) is 12.3. The van der Waals surface area contributed by atoms with Gasteiger partial charge in [-0.15, -0.1) is 10.2 Å². The van der Waals surface area contributed by atoms with Crippen LogP contribution in [0, 0.1) is 0 Å². The van der Waals surface area contributed by atoms with E-state index in [0.29, 0.717) is 16.6 Å². The highest BCUT2D eigenvalue weighted by Crippen LogP contribution is 2.24. The molecule has 0 aliphatic carbocycles. The lowest BCUT2D eigenvalue weighted by atomic mass is 10.1. The van der Waals surface area contributed by atoms with E-state index in [9.17, 15) is 13.2 Å². The van der Waals surface area contributed by atoms with E-state index in [2.05, 4.69) is 20.2 Å². The van der Waals surface area contributed by atoms with Gasteiger partial charge in [-0.3, -0.25) is 9.52 Å². The van der Waals surface area contributed by atoms with Crippen molar-refractivity contribution >= 4 is 45.0 Å². The molecule has 3 rings (SSSR count). The number of anilines is 1. The van der Waals surface area contributed by atoms with Gasteiger partial charge in [0.25, 0.3) is 5.22 Å². The molecule has 158 valence electrons. The Morgan fingerprint density at radius 2 is 1.93 bits per heavy atom. The Balaban J connectivity index is 1.55. The number of carbonyl (C=O) groups excluding carboxylic acids is 1. The van der Waals surface area contributed by atoms with Gasteiger partial charge in [0.05, 0.1) is 18.1 Å². The van der Waals surface area contributed by atoms with Gasteiger partial charge in [-0.05, 0) is 48.9 Å². The first-order valence-electron chi connectivity index (χ1n) is 8.79. The first-order chi connectivity index (χ1) is 14.2. The molecule has 0 saturated heterocycles. The Morgan fingerprint density at radius 1 is 1.20 bits per heavy atom. The molecule has 1 atom stereocenters. The number of nitrogens with zero attached hydrogens (tertiary/aromatic N) is 2. The van der Waals surface area contributed by atoms with E-state index in [4.69, 9.17) is 16.0 Å². The zero-order valence-electron chi connectivity index (χ0n) is 16.1. The van der Waals surface area contributed by atoms with Gasteiger partial charge in [0, 0.05) is 16.3 Å². The maximum atomic E-state index is 12.3.